The van der Waals surface area contributed by atoms with E-state index in [-0.39, 0.29) is 10.6 Å². The molecule has 3 aromatic rings. The molecule has 0 amide bonds. The highest BCUT2D eigenvalue weighted by molar-refractivity contribution is 7.89. The summed E-state index contributed by atoms with van der Waals surface area (Å²) in [5.74, 6) is 0. The van der Waals surface area contributed by atoms with E-state index in [2.05, 4.69) is 26.0 Å². The lowest BCUT2D eigenvalue weighted by Gasteiger charge is -2.29. The smallest absolute Gasteiger partial charge is 0.278 e. The summed E-state index contributed by atoms with van der Waals surface area (Å²) in [6.07, 6.45) is 6.66. The molecule has 37 heavy (non-hydrogen) atoms. The van der Waals surface area contributed by atoms with E-state index in [1.807, 2.05) is 0 Å². The highest BCUT2D eigenvalue weighted by Gasteiger charge is 2.25. The van der Waals surface area contributed by atoms with Crippen molar-refractivity contribution in [1.82, 2.24) is 19.3 Å². The summed E-state index contributed by atoms with van der Waals surface area (Å²) in [4.78, 5) is 16.9. The second kappa shape index (κ2) is 10.9. The second-order valence-electron chi connectivity index (χ2n) is 8.94. The number of piperidine rings is 1. The molecule has 13 heteroatoms. The van der Waals surface area contributed by atoms with Crippen LogP contribution in [0.2, 0.25) is 0 Å². The van der Waals surface area contributed by atoms with Gasteiger partial charge in [-0.1, -0.05) is 6.42 Å². The molecule has 1 N–H and O–H groups in total. The fourth-order valence-corrected chi connectivity index (χ4v) is 5.44. The van der Waals surface area contributed by atoms with E-state index >= 15 is 0 Å². The number of non-ortho nitro benzene ring substituents is 1. The van der Waals surface area contributed by atoms with Crippen molar-refractivity contribution in [1.29, 1.82) is 5.26 Å². The highest BCUT2D eigenvalue weighted by atomic mass is 32.2. The van der Waals surface area contributed by atoms with E-state index in [0.717, 1.165) is 38.5 Å². The van der Waals surface area contributed by atoms with Crippen molar-refractivity contribution in [2.75, 3.05) is 38.1 Å². The Hall–Kier alpha value is -4.02. The number of anilines is 1. The van der Waals surface area contributed by atoms with Gasteiger partial charge in [-0.05, 0) is 51.1 Å². The third-order valence-electron chi connectivity index (χ3n) is 6.43. The third kappa shape index (κ3) is 5.87. The Labute approximate surface area is 215 Å². The Morgan fingerprint density at radius 1 is 1.27 bits per heavy atom. The summed E-state index contributed by atoms with van der Waals surface area (Å²) in [5, 5.41) is 28.9. The molecule has 0 aliphatic carbocycles. The topological polar surface area (TPSA) is 149 Å². The maximum atomic E-state index is 13.3. The number of nitro benzene ring substituents is 1. The third-order valence-corrected chi connectivity index (χ3v) is 7.67. The van der Waals surface area contributed by atoms with Crippen LogP contribution in [0.4, 0.5) is 11.4 Å². The van der Waals surface area contributed by atoms with Crippen molar-refractivity contribution >= 4 is 32.6 Å². The molecule has 0 unspecified atom stereocenters. The molecule has 1 aromatic carbocycles. The second-order valence-corrected chi connectivity index (χ2v) is 10.6. The van der Waals surface area contributed by atoms with Crippen LogP contribution in [0.25, 0.3) is 5.52 Å². The number of hydrazone groups is 1. The summed E-state index contributed by atoms with van der Waals surface area (Å²) in [5.41, 5.74) is 1.89. The first kappa shape index (κ1) is 26.1. The van der Waals surface area contributed by atoms with Crippen LogP contribution in [0, 0.1) is 21.4 Å². The molecule has 0 spiro atoms. The number of likely N-dealkylation sites (tertiary alicyclic amines) is 1. The number of nitrogens with one attached hydrogen (secondary N) is 1. The van der Waals surface area contributed by atoms with Crippen LogP contribution in [-0.4, -0.2) is 66.8 Å². The minimum atomic E-state index is -4.26. The van der Waals surface area contributed by atoms with Gasteiger partial charge < -0.3 is 9.80 Å². The number of rotatable bonds is 9. The molecule has 2 aromatic heterocycles. The van der Waals surface area contributed by atoms with Gasteiger partial charge in [-0.3, -0.25) is 10.1 Å². The highest BCUT2D eigenvalue weighted by Crippen LogP contribution is 2.29. The first-order valence-corrected chi connectivity index (χ1v) is 13.3. The van der Waals surface area contributed by atoms with Gasteiger partial charge in [0.25, 0.3) is 15.7 Å². The molecule has 1 saturated heterocycles. The molecular weight excluding hydrogens is 496 g/mol. The Morgan fingerprint density at radius 3 is 2.73 bits per heavy atom. The van der Waals surface area contributed by atoms with E-state index < -0.39 is 14.9 Å². The first-order valence-electron chi connectivity index (χ1n) is 11.9. The van der Waals surface area contributed by atoms with Gasteiger partial charge in [-0.25, -0.2) is 4.52 Å². The average Bonchev–Trinajstić information content (AvgIpc) is 3.34. The van der Waals surface area contributed by atoms with Gasteiger partial charge in [0.2, 0.25) is 0 Å². The number of fused-ring (bicyclic) bond motifs is 1. The summed E-state index contributed by atoms with van der Waals surface area (Å²) >= 11 is 0. The van der Waals surface area contributed by atoms with E-state index in [4.69, 9.17) is 0 Å². The molecular formula is C24H28N8O4S. The monoisotopic (exact) mass is 524 g/mol. The zero-order chi connectivity index (χ0) is 26.6. The van der Waals surface area contributed by atoms with Crippen molar-refractivity contribution in [3.63, 3.8) is 0 Å². The van der Waals surface area contributed by atoms with Crippen LogP contribution in [0.1, 0.15) is 37.3 Å². The van der Waals surface area contributed by atoms with Crippen molar-refractivity contribution in [3.8, 4) is 6.07 Å². The van der Waals surface area contributed by atoms with E-state index in [1.165, 1.54) is 24.8 Å². The van der Waals surface area contributed by atoms with Crippen LogP contribution in [0.3, 0.4) is 0 Å². The van der Waals surface area contributed by atoms with E-state index in [9.17, 15) is 23.8 Å². The molecule has 0 atom stereocenters. The van der Waals surface area contributed by atoms with Crippen LogP contribution >= 0.6 is 0 Å². The molecule has 0 saturated carbocycles. The quantitative estimate of drug-likeness (QED) is 0.255. The van der Waals surface area contributed by atoms with Crippen molar-refractivity contribution in [2.45, 2.75) is 31.1 Å². The number of benzene rings is 1. The fraction of sp³-hybridized carbons (Fsp3) is 0.375. The summed E-state index contributed by atoms with van der Waals surface area (Å²) < 4.78 is 28.2. The molecule has 1 aliphatic rings. The van der Waals surface area contributed by atoms with Gasteiger partial charge in [0, 0.05) is 44.0 Å². The van der Waals surface area contributed by atoms with Crippen LogP contribution in [-0.2, 0) is 10.0 Å². The zero-order valence-corrected chi connectivity index (χ0v) is 21.5. The van der Waals surface area contributed by atoms with Gasteiger partial charge in [-0.15, -0.1) is 0 Å². The number of sulfonamides is 1. The standard InChI is InChI=1S/C24H28N8O4S/c1-18(21-17-26-31-11-8-19(16-25)14-23(21)31)27-28-37(35,36)24-15-20(32(33)34)6-7-22(24)29(2)12-13-30-9-4-3-5-10-30/h6-8,11,14-15,17,28H,3-5,9-10,12-13H2,1-2H3. The summed E-state index contributed by atoms with van der Waals surface area (Å²) in [7, 11) is -2.50. The fourth-order valence-electron chi connectivity index (χ4n) is 4.31. The average molecular weight is 525 g/mol. The zero-order valence-electron chi connectivity index (χ0n) is 20.7. The number of nitro groups is 1. The van der Waals surface area contributed by atoms with E-state index in [0.29, 0.717) is 34.6 Å². The maximum absolute atomic E-state index is 13.3. The lowest BCUT2D eigenvalue weighted by Crippen LogP contribution is -2.37. The molecule has 1 aliphatic heterocycles. The Kier molecular flexibility index (Phi) is 7.70. The number of nitriles is 1. The minimum absolute atomic E-state index is 0.231. The predicted molar refractivity (Wildman–Crippen MR) is 139 cm³/mol. The molecule has 0 bridgehead atoms. The number of aromatic nitrogens is 2. The number of hydrogen-bond donors (Lipinski definition) is 1. The van der Waals surface area contributed by atoms with Crippen LogP contribution in [0.5, 0.6) is 0 Å². The van der Waals surface area contributed by atoms with Crippen LogP contribution in [0.15, 0.2) is 52.7 Å². The van der Waals surface area contributed by atoms with Crippen molar-refractivity contribution in [2.24, 2.45) is 5.10 Å². The summed E-state index contributed by atoms with van der Waals surface area (Å²) in [6.45, 7) is 4.95. The molecule has 194 valence electrons. The molecule has 0 radical (unpaired) electrons. The Balaban J connectivity index is 1.61. The van der Waals surface area contributed by atoms with Gasteiger partial charge in [-0.2, -0.15) is 28.7 Å². The van der Waals surface area contributed by atoms with Gasteiger partial charge >= 0.3 is 0 Å². The Morgan fingerprint density at radius 2 is 2.03 bits per heavy atom. The minimum Gasteiger partial charge on any atom is -0.372 e. The number of pyridine rings is 1. The number of likely N-dealkylation sites (N-methyl/N-ethyl adjacent to an activating group) is 1. The maximum Gasteiger partial charge on any atom is 0.278 e. The van der Waals surface area contributed by atoms with Gasteiger partial charge in [0.1, 0.15) is 4.90 Å². The number of hydrogen-bond acceptors (Lipinski definition) is 9. The van der Waals surface area contributed by atoms with Crippen molar-refractivity contribution < 1.29 is 13.3 Å². The molecule has 1 fully saturated rings. The Bertz CT molecular complexity index is 1490. The summed E-state index contributed by atoms with van der Waals surface area (Å²) in [6, 6.07) is 9.11. The van der Waals surface area contributed by atoms with E-state index in [1.54, 1.807) is 41.7 Å². The molecule has 4 rings (SSSR count). The normalized spacial score (nSPS) is 14.9. The largest absolute Gasteiger partial charge is 0.372 e. The van der Waals surface area contributed by atoms with Gasteiger partial charge in [0.05, 0.1) is 39.7 Å². The SMILES string of the molecule is CC(=NNS(=O)(=O)c1cc([N+](=O)[O-])ccc1N(C)CCN1CCCCC1)c1cnn2ccc(C#N)cc12. The molecule has 3 heterocycles. The predicted octanol–water partition coefficient (Wildman–Crippen LogP) is 2.74. The van der Waals surface area contributed by atoms with Crippen molar-refractivity contribution in [3.05, 3.63) is 64.0 Å². The number of nitrogens with zero attached hydrogens (tertiary/aromatic N) is 7. The first-order chi connectivity index (χ1) is 17.7. The van der Waals surface area contributed by atoms with Gasteiger partial charge in [0.15, 0.2) is 0 Å². The lowest BCUT2D eigenvalue weighted by molar-refractivity contribution is -0.385. The molecule has 12 nitrogen and oxygen atoms in total. The lowest BCUT2D eigenvalue weighted by atomic mass is 10.1. The van der Waals surface area contributed by atoms with Crippen LogP contribution < -0.4 is 9.73 Å².